The normalized spacial score (nSPS) is 15.3. The summed E-state index contributed by atoms with van der Waals surface area (Å²) in [6.45, 7) is 5.98. The van der Waals surface area contributed by atoms with E-state index in [1.54, 1.807) is 0 Å². The van der Waals surface area contributed by atoms with Crippen LogP contribution in [0.3, 0.4) is 0 Å². The van der Waals surface area contributed by atoms with E-state index in [9.17, 15) is 4.39 Å². The lowest BCUT2D eigenvalue weighted by Crippen LogP contribution is -2.36. The zero-order chi connectivity index (χ0) is 8.20. The second-order valence-electron chi connectivity index (χ2n) is 2.82. The number of alkyl halides is 1. The molecule has 0 aromatic heterocycles. The van der Waals surface area contributed by atoms with Crippen molar-refractivity contribution in [3.05, 3.63) is 0 Å². The van der Waals surface area contributed by atoms with Crippen LogP contribution in [-0.4, -0.2) is 6.30 Å². The van der Waals surface area contributed by atoms with Gasteiger partial charge in [-0.05, 0) is 19.3 Å². The van der Waals surface area contributed by atoms with Gasteiger partial charge in [-0.3, -0.25) is 0 Å². The van der Waals surface area contributed by atoms with E-state index in [4.69, 9.17) is 5.73 Å². The lowest BCUT2D eigenvalue weighted by molar-refractivity contribution is 0.0934. The van der Waals surface area contributed by atoms with E-state index in [0.717, 1.165) is 19.3 Å². The quantitative estimate of drug-likeness (QED) is 0.607. The molecule has 2 heteroatoms. The van der Waals surface area contributed by atoms with Gasteiger partial charge in [-0.25, -0.2) is 4.39 Å². The summed E-state index contributed by atoms with van der Waals surface area (Å²) in [6.07, 6.45) is 1.33. The molecule has 0 saturated heterocycles. The van der Waals surface area contributed by atoms with Crippen LogP contribution < -0.4 is 5.73 Å². The van der Waals surface area contributed by atoms with Crippen LogP contribution in [0.25, 0.3) is 0 Å². The van der Waals surface area contributed by atoms with Crippen molar-refractivity contribution in [2.45, 2.75) is 46.3 Å². The van der Waals surface area contributed by atoms with Crippen molar-refractivity contribution in [1.82, 2.24) is 0 Å². The molecule has 0 aromatic carbocycles. The van der Waals surface area contributed by atoms with Crippen LogP contribution in [0.15, 0.2) is 0 Å². The van der Waals surface area contributed by atoms with E-state index in [2.05, 4.69) is 0 Å². The SMILES string of the molecule is CCC(CC)(CC)C(N)F. The van der Waals surface area contributed by atoms with Crippen molar-refractivity contribution in [2.75, 3.05) is 0 Å². The van der Waals surface area contributed by atoms with Gasteiger partial charge in [-0.15, -0.1) is 0 Å². The van der Waals surface area contributed by atoms with Gasteiger partial charge in [0.1, 0.15) is 0 Å². The smallest absolute Gasteiger partial charge is 0.154 e. The van der Waals surface area contributed by atoms with Crippen LogP contribution in [0.5, 0.6) is 0 Å². The topological polar surface area (TPSA) is 26.0 Å². The molecule has 10 heavy (non-hydrogen) atoms. The lowest BCUT2D eigenvalue weighted by Gasteiger charge is -2.31. The van der Waals surface area contributed by atoms with Crippen molar-refractivity contribution < 1.29 is 4.39 Å². The maximum Gasteiger partial charge on any atom is 0.154 e. The molecule has 0 bridgehead atoms. The molecule has 0 aromatic rings. The van der Waals surface area contributed by atoms with Crippen LogP contribution in [0, 0.1) is 5.41 Å². The molecule has 0 saturated carbocycles. The third-order valence-corrected chi connectivity index (χ3v) is 2.70. The summed E-state index contributed by atoms with van der Waals surface area (Å²) in [5.74, 6) is 0. The summed E-state index contributed by atoms with van der Waals surface area (Å²) in [4.78, 5) is 0. The second kappa shape index (κ2) is 3.91. The third-order valence-electron chi connectivity index (χ3n) is 2.70. The highest BCUT2D eigenvalue weighted by Gasteiger charge is 2.31. The minimum Gasteiger partial charge on any atom is -0.301 e. The maximum absolute atomic E-state index is 12.8. The molecule has 0 amide bonds. The summed E-state index contributed by atoms with van der Waals surface area (Å²) in [5.41, 5.74) is 4.97. The van der Waals surface area contributed by atoms with Crippen molar-refractivity contribution >= 4 is 0 Å². The minimum absolute atomic E-state index is 0.264. The van der Waals surface area contributed by atoms with E-state index in [0.29, 0.717) is 0 Å². The predicted octanol–water partition coefficient (Wildman–Crippen LogP) is 2.46. The molecule has 0 aliphatic heterocycles. The first-order valence-corrected chi connectivity index (χ1v) is 4.02. The highest BCUT2D eigenvalue weighted by molar-refractivity contribution is 4.79. The fourth-order valence-corrected chi connectivity index (χ4v) is 1.34. The standard InChI is InChI=1S/C8H18FN/c1-4-8(5-2,6-3)7(9)10/h7H,4-6,10H2,1-3H3. The van der Waals surface area contributed by atoms with E-state index in [-0.39, 0.29) is 5.41 Å². The zero-order valence-corrected chi connectivity index (χ0v) is 7.15. The summed E-state index contributed by atoms with van der Waals surface area (Å²) in [5, 5.41) is 0. The Labute approximate surface area is 62.8 Å². The predicted molar refractivity (Wildman–Crippen MR) is 42.4 cm³/mol. The first kappa shape index (κ1) is 9.89. The Morgan fingerprint density at radius 2 is 1.50 bits per heavy atom. The summed E-state index contributed by atoms with van der Waals surface area (Å²) >= 11 is 0. The van der Waals surface area contributed by atoms with Crippen molar-refractivity contribution in [1.29, 1.82) is 0 Å². The van der Waals surface area contributed by atoms with E-state index in [1.807, 2.05) is 20.8 Å². The first-order chi connectivity index (χ1) is 4.63. The van der Waals surface area contributed by atoms with Gasteiger partial charge >= 0.3 is 0 Å². The third kappa shape index (κ3) is 1.69. The van der Waals surface area contributed by atoms with Gasteiger partial charge < -0.3 is 5.73 Å². The minimum atomic E-state index is -1.16. The molecule has 0 fully saturated rings. The zero-order valence-electron chi connectivity index (χ0n) is 7.15. The van der Waals surface area contributed by atoms with Gasteiger partial charge in [0, 0.05) is 5.41 Å². The number of hydrogen-bond acceptors (Lipinski definition) is 1. The molecule has 0 aliphatic carbocycles. The van der Waals surface area contributed by atoms with Gasteiger partial charge in [0.25, 0.3) is 0 Å². The number of rotatable bonds is 4. The van der Waals surface area contributed by atoms with E-state index in [1.165, 1.54) is 0 Å². The Morgan fingerprint density at radius 3 is 1.50 bits per heavy atom. The van der Waals surface area contributed by atoms with Gasteiger partial charge in [0.05, 0.1) is 0 Å². The van der Waals surface area contributed by atoms with Crippen LogP contribution in [0.4, 0.5) is 4.39 Å². The summed E-state index contributed by atoms with van der Waals surface area (Å²) in [7, 11) is 0. The molecule has 0 radical (unpaired) electrons. The van der Waals surface area contributed by atoms with Gasteiger partial charge in [-0.1, -0.05) is 20.8 Å². The molecule has 0 rings (SSSR count). The van der Waals surface area contributed by atoms with Crippen LogP contribution in [-0.2, 0) is 0 Å². The highest BCUT2D eigenvalue weighted by Crippen LogP contribution is 2.33. The highest BCUT2D eigenvalue weighted by atomic mass is 19.1. The Morgan fingerprint density at radius 1 is 1.20 bits per heavy atom. The van der Waals surface area contributed by atoms with Crippen molar-refractivity contribution in [2.24, 2.45) is 11.1 Å². The van der Waals surface area contributed by atoms with Crippen molar-refractivity contribution in [3.63, 3.8) is 0 Å². The number of nitrogens with two attached hydrogens (primary N) is 1. The molecule has 1 atom stereocenters. The lowest BCUT2D eigenvalue weighted by atomic mass is 9.79. The van der Waals surface area contributed by atoms with E-state index >= 15 is 0 Å². The van der Waals surface area contributed by atoms with Gasteiger partial charge in [0.2, 0.25) is 0 Å². The Kier molecular flexibility index (Phi) is 3.87. The molecule has 1 unspecified atom stereocenters. The summed E-state index contributed by atoms with van der Waals surface area (Å²) < 4.78 is 12.8. The first-order valence-electron chi connectivity index (χ1n) is 4.02. The molecule has 0 spiro atoms. The Balaban J connectivity index is 4.15. The molecular weight excluding hydrogens is 129 g/mol. The molecular formula is C8H18FN. The van der Waals surface area contributed by atoms with Crippen LogP contribution in [0.2, 0.25) is 0 Å². The average Bonchev–Trinajstić information content (AvgIpc) is 1.92. The molecule has 1 nitrogen and oxygen atoms in total. The second-order valence-corrected chi connectivity index (χ2v) is 2.82. The van der Waals surface area contributed by atoms with Crippen LogP contribution >= 0.6 is 0 Å². The number of hydrogen-bond donors (Lipinski definition) is 1. The molecule has 0 aliphatic rings. The number of halogens is 1. The maximum atomic E-state index is 12.8. The largest absolute Gasteiger partial charge is 0.301 e. The Hall–Kier alpha value is -0.110. The summed E-state index contributed by atoms with van der Waals surface area (Å²) in [6, 6.07) is 0. The van der Waals surface area contributed by atoms with Crippen molar-refractivity contribution in [3.8, 4) is 0 Å². The Bertz CT molecular complexity index is 79.0. The fraction of sp³-hybridized carbons (Fsp3) is 1.00. The van der Waals surface area contributed by atoms with Gasteiger partial charge in [-0.2, -0.15) is 0 Å². The van der Waals surface area contributed by atoms with Crippen LogP contribution in [0.1, 0.15) is 40.0 Å². The molecule has 0 heterocycles. The fourth-order valence-electron chi connectivity index (χ4n) is 1.34. The van der Waals surface area contributed by atoms with E-state index < -0.39 is 6.30 Å². The molecule has 62 valence electrons. The average molecular weight is 147 g/mol. The monoisotopic (exact) mass is 147 g/mol. The molecule has 2 N–H and O–H groups in total. The van der Waals surface area contributed by atoms with Gasteiger partial charge in [0.15, 0.2) is 6.30 Å².